The molecule has 0 saturated carbocycles. The largest absolute Gasteiger partial charge is 0.492 e. The van der Waals surface area contributed by atoms with Gasteiger partial charge in [-0.1, -0.05) is 11.6 Å². The summed E-state index contributed by atoms with van der Waals surface area (Å²) in [6.07, 6.45) is 1.12. The summed E-state index contributed by atoms with van der Waals surface area (Å²) in [5.74, 6) is 2.30. The molecule has 1 aromatic carbocycles. The Morgan fingerprint density at radius 3 is 2.74 bits per heavy atom. The zero-order valence-electron chi connectivity index (χ0n) is 16.2. The Morgan fingerprint density at radius 2 is 2.04 bits per heavy atom. The van der Waals surface area contributed by atoms with Gasteiger partial charge in [-0.25, -0.2) is 4.99 Å². The van der Waals surface area contributed by atoms with E-state index in [2.05, 4.69) is 17.1 Å². The van der Waals surface area contributed by atoms with Crippen molar-refractivity contribution in [2.45, 2.75) is 13.3 Å². The maximum absolute atomic E-state index is 5.87. The van der Waals surface area contributed by atoms with E-state index in [9.17, 15) is 0 Å². The summed E-state index contributed by atoms with van der Waals surface area (Å²) in [5.41, 5.74) is 0. The lowest BCUT2D eigenvalue weighted by Crippen LogP contribution is -2.40. The van der Waals surface area contributed by atoms with Crippen LogP contribution in [0.3, 0.4) is 0 Å². The molecule has 2 rings (SSSR count). The molecule has 1 heterocycles. The second-order valence-electron chi connectivity index (χ2n) is 6.21. The molecule has 0 aliphatic carbocycles. The van der Waals surface area contributed by atoms with Crippen molar-refractivity contribution in [2.75, 3.05) is 59.7 Å². The summed E-state index contributed by atoms with van der Waals surface area (Å²) in [4.78, 5) is 6.99. The minimum atomic E-state index is 0. The molecule has 0 radical (unpaired) electrons. The van der Waals surface area contributed by atoms with Crippen LogP contribution in [0.4, 0.5) is 0 Å². The normalized spacial score (nSPS) is 16.9. The number of benzene rings is 1. The highest BCUT2D eigenvalue weighted by Crippen LogP contribution is 2.17. The van der Waals surface area contributed by atoms with E-state index in [1.54, 1.807) is 7.11 Å². The summed E-state index contributed by atoms with van der Waals surface area (Å²) < 4.78 is 16.4. The molecule has 8 heteroatoms. The number of hydrogen-bond acceptors (Lipinski definition) is 4. The molecule has 1 aromatic rings. The molecule has 0 spiro atoms. The number of hydrogen-bond donors (Lipinski definition) is 1. The molecule has 1 saturated heterocycles. The van der Waals surface area contributed by atoms with E-state index in [-0.39, 0.29) is 24.0 Å². The predicted molar refractivity (Wildman–Crippen MR) is 121 cm³/mol. The number of nitrogens with zero attached hydrogens (tertiary/aromatic N) is 2. The summed E-state index contributed by atoms with van der Waals surface area (Å²) in [5, 5.41) is 4.08. The molecule has 154 valence electrons. The summed E-state index contributed by atoms with van der Waals surface area (Å²) in [6.45, 7) is 8.13. The highest BCUT2D eigenvalue weighted by molar-refractivity contribution is 14.0. The number of rotatable bonds is 10. The van der Waals surface area contributed by atoms with Crippen LogP contribution in [0.1, 0.15) is 13.3 Å². The minimum Gasteiger partial charge on any atom is -0.492 e. The van der Waals surface area contributed by atoms with Gasteiger partial charge < -0.3 is 24.4 Å². The van der Waals surface area contributed by atoms with Gasteiger partial charge in [-0.3, -0.25) is 0 Å². The fourth-order valence-electron chi connectivity index (χ4n) is 2.83. The van der Waals surface area contributed by atoms with Crippen LogP contribution in [0.25, 0.3) is 0 Å². The van der Waals surface area contributed by atoms with Crippen LogP contribution in [-0.4, -0.2) is 70.6 Å². The maximum atomic E-state index is 5.87. The van der Waals surface area contributed by atoms with Gasteiger partial charge in [0.15, 0.2) is 5.96 Å². The van der Waals surface area contributed by atoms with Crippen molar-refractivity contribution in [3.63, 3.8) is 0 Å². The van der Waals surface area contributed by atoms with Gasteiger partial charge in [0.1, 0.15) is 12.4 Å². The van der Waals surface area contributed by atoms with Crippen LogP contribution in [0.15, 0.2) is 29.3 Å². The summed E-state index contributed by atoms with van der Waals surface area (Å²) in [6, 6.07) is 7.38. The number of methoxy groups -OCH3 is 1. The Balaban J connectivity index is 0.00000364. The second kappa shape index (κ2) is 14.3. The third-order valence-corrected chi connectivity index (χ3v) is 4.39. The van der Waals surface area contributed by atoms with E-state index in [1.165, 1.54) is 0 Å². The quantitative estimate of drug-likeness (QED) is 0.226. The molecule has 1 fully saturated rings. The molecule has 1 N–H and O–H groups in total. The van der Waals surface area contributed by atoms with E-state index in [0.717, 1.165) is 44.4 Å². The number of aliphatic imine (C=N–C) groups is 1. The van der Waals surface area contributed by atoms with Gasteiger partial charge in [0.2, 0.25) is 0 Å². The van der Waals surface area contributed by atoms with Gasteiger partial charge in [0, 0.05) is 37.7 Å². The van der Waals surface area contributed by atoms with Crippen molar-refractivity contribution >= 4 is 41.5 Å². The Bertz CT molecular complexity index is 546. The molecule has 0 bridgehead atoms. The average Bonchev–Trinajstić information content (AvgIpc) is 3.12. The molecule has 0 aromatic heterocycles. The predicted octanol–water partition coefficient (Wildman–Crippen LogP) is 3.29. The Labute approximate surface area is 184 Å². The van der Waals surface area contributed by atoms with Crippen molar-refractivity contribution in [3.8, 4) is 5.75 Å². The van der Waals surface area contributed by atoms with Crippen LogP contribution < -0.4 is 10.1 Å². The average molecular weight is 512 g/mol. The van der Waals surface area contributed by atoms with E-state index < -0.39 is 0 Å². The van der Waals surface area contributed by atoms with E-state index in [0.29, 0.717) is 37.3 Å². The van der Waals surface area contributed by atoms with Gasteiger partial charge in [-0.15, -0.1) is 24.0 Å². The second-order valence-corrected chi connectivity index (χ2v) is 6.64. The van der Waals surface area contributed by atoms with Gasteiger partial charge in [-0.2, -0.15) is 0 Å². The van der Waals surface area contributed by atoms with E-state index in [4.69, 9.17) is 30.8 Å². The highest BCUT2D eigenvalue weighted by Gasteiger charge is 2.24. The number of nitrogens with one attached hydrogen (secondary N) is 1. The van der Waals surface area contributed by atoms with Crippen molar-refractivity contribution < 1.29 is 14.2 Å². The molecule has 1 aliphatic rings. The van der Waals surface area contributed by atoms with Crippen molar-refractivity contribution in [2.24, 2.45) is 10.9 Å². The van der Waals surface area contributed by atoms with Crippen molar-refractivity contribution in [1.29, 1.82) is 0 Å². The van der Waals surface area contributed by atoms with Gasteiger partial charge >= 0.3 is 0 Å². The van der Waals surface area contributed by atoms with Crippen LogP contribution in [0.5, 0.6) is 5.75 Å². The molecule has 1 atom stereocenters. The first-order valence-electron chi connectivity index (χ1n) is 9.21. The number of likely N-dealkylation sites (tertiary alicyclic amines) is 1. The first-order chi connectivity index (χ1) is 12.7. The van der Waals surface area contributed by atoms with Crippen molar-refractivity contribution in [3.05, 3.63) is 29.3 Å². The molecular weight excluding hydrogens is 481 g/mol. The number of ether oxygens (including phenoxy) is 3. The zero-order chi connectivity index (χ0) is 18.6. The Kier molecular flexibility index (Phi) is 12.8. The van der Waals surface area contributed by atoms with E-state index >= 15 is 0 Å². The molecule has 1 unspecified atom stereocenters. The first kappa shape index (κ1) is 24.3. The lowest BCUT2D eigenvalue weighted by molar-refractivity contribution is 0.0536. The van der Waals surface area contributed by atoms with Crippen LogP contribution in [0, 0.1) is 5.92 Å². The summed E-state index contributed by atoms with van der Waals surface area (Å²) in [7, 11) is 1.69. The molecular formula is C19H31ClIN3O3. The molecule has 1 aliphatic heterocycles. The van der Waals surface area contributed by atoms with Crippen LogP contribution in [0.2, 0.25) is 5.02 Å². The lowest BCUT2D eigenvalue weighted by Gasteiger charge is -2.21. The molecule has 6 nitrogen and oxygen atoms in total. The van der Waals surface area contributed by atoms with E-state index in [1.807, 2.05) is 24.3 Å². The van der Waals surface area contributed by atoms with Gasteiger partial charge in [-0.05, 0) is 37.6 Å². The number of guanidine groups is 1. The smallest absolute Gasteiger partial charge is 0.194 e. The standard InChI is InChI=1S/C19H30ClN3O3.HI/c1-3-21-19(22-9-11-26-18-6-4-17(20)5-7-18)23-10-8-16(14-23)15-25-13-12-24-2;/h4-7,16H,3,8-15H2,1-2H3,(H,21,22);1H. The lowest BCUT2D eigenvalue weighted by atomic mass is 10.1. The fourth-order valence-corrected chi connectivity index (χ4v) is 2.95. The first-order valence-corrected chi connectivity index (χ1v) is 9.59. The number of halogens is 2. The third kappa shape index (κ3) is 9.32. The minimum absolute atomic E-state index is 0. The Hall–Kier alpha value is -0.770. The third-order valence-electron chi connectivity index (χ3n) is 4.14. The Morgan fingerprint density at radius 1 is 1.26 bits per heavy atom. The summed E-state index contributed by atoms with van der Waals surface area (Å²) >= 11 is 5.87. The van der Waals surface area contributed by atoms with Crippen LogP contribution in [-0.2, 0) is 9.47 Å². The molecule has 27 heavy (non-hydrogen) atoms. The van der Waals surface area contributed by atoms with Gasteiger partial charge in [0.05, 0.1) is 26.4 Å². The maximum Gasteiger partial charge on any atom is 0.194 e. The SMILES string of the molecule is CCNC(=NCCOc1ccc(Cl)cc1)N1CCC(COCCOC)C1.I. The van der Waals surface area contributed by atoms with Crippen LogP contribution >= 0.6 is 35.6 Å². The van der Waals surface area contributed by atoms with Crippen molar-refractivity contribution in [1.82, 2.24) is 10.2 Å². The fraction of sp³-hybridized carbons (Fsp3) is 0.632. The highest BCUT2D eigenvalue weighted by atomic mass is 127. The molecule has 0 amide bonds. The monoisotopic (exact) mass is 511 g/mol. The topological polar surface area (TPSA) is 55.3 Å². The zero-order valence-corrected chi connectivity index (χ0v) is 19.2. The van der Waals surface area contributed by atoms with Gasteiger partial charge in [0.25, 0.3) is 0 Å².